The summed E-state index contributed by atoms with van der Waals surface area (Å²) in [5.74, 6) is 1.03. The van der Waals surface area contributed by atoms with Crippen molar-refractivity contribution in [3.63, 3.8) is 0 Å². The second-order valence-electron chi connectivity index (χ2n) is 6.01. The molecule has 1 aromatic rings. The maximum Gasteiger partial charge on any atom is 0.260 e. The van der Waals surface area contributed by atoms with Crippen LogP contribution in [0.4, 0.5) is 5.69 Å². The highest BCUT2D eigenvalue weighted by molar-refractivity contribution is 7.89. The molecule has 6 heteroatoms. The van der Waals surface area contributed by atoms with Crippen LogP contribution in [-0.4, -0.2) is 26.0 Å². The minimum atomic E-state index is -3.59. The van der Waals surface area contributed by atoms with Crippen molar-refractivity contribution in [2.75, 3.05) is 11.9 Å². The third-order valence-electron chi connectivity index (χ3n) is 4.13. The van der Waals surface area contributed by atoms with Gasteiger partial charge in [0.15, 0.2) is 5.03 Å². The predicted octanol–water partition coefficient (Wildman–Crippen LogP) is 2.62. The second kappa shape index (κ2) is 6.75. The summed E-state index contributed by atoms with van der Waals surface area (Å²) in [6, 6.07) is 3.49. The first-order valence-electron chi connectivity index (χ1n) is 7.65. The van der Waals surface area contributed by atoms with Gasteiger partial charge < -0.3 is 5.32 Å². The van der Waals surface area contributed by atoms with E-state index in [1.54, 1.807) is 12.1 Å². The van der Waals surface area contributed by atoms with Crippen molar-refractivity contribution in [3.8, 4) is 0 Å². The minimum absolute atomic E-state index is 0.00248. The molecule has 2 N–H and O–H groups in total. The smallest absolute Gasteiger partial charge is 0.260 e. The summed E-state index contributed by atoms with van der Waals surface area (Å²) in [5.41, 5.74) is 0.560. The second-order valence-corrected chi connectivity index (χ2v) is 7.64. The lowest BCUT2D eigenvalue weighted by molar-refractivity contribution is 0.249. The fraction of sp³-hybridized carbons (Fsp3) is 0.667. The van der Waals surface area contributed by atoms with Crippen molar-refractivity contribution < 1.29 is 8.42 Å². The zero-order valence-corrected chi connectivity index (χ0v) is 13.8. The Bertz CT molecular complexity index is 574. The molecule has 0 aromatic carbocycles. The molecule has 0 spiro atoms. The zero-order chi connectivity index (χ0) is 15.5. The van der Waals surface area contributed by atoms with Crippen LogP contribution in [0.15, 0.2) is 23.4 Å². The Balaban J connectivity index is 2.19. The Hall–Kier alpha value is -1.14. The van der Waals surface area contributed by atoms with E-state index in [0.717, 1.165) is 19.3 Å². The highest BCUT2D eigenvalue weighted by Crippen LogP contribution is 2.30. The molecule has 1 aromatic heterocycles. The Kier molecular flexibility index (Phi) is 5.22. The molecule has 2 rings (SSSR count). The van der Waals surface area contributed by atoms with Crippen molar-refractivity contribution >= 4 is 15.7 Å². The fourth-order valence-corrected chi connectivity index (χ4v) is 4.52. The molecule has 3 unspecified atom stereocenters. The number of nitrogens with zero attached hydrogens (tertiary/aromatic N) is 1. The molecular weight excluding hydrogens is 286 g/mol. The Morgan fingerprint density at radius 1 is 1.33 bits per heavy atom. The van der Waals surface area contributed by atoms with E-state index in [-0.39, 0.29) is 11.1 Å². The van der Waals surface area contributed by atoms with Crippen molar-refractivity contribution in [2.24, 2.45) is 11.8 Å². The summed E-state index contributed by atoms with van der Waals surface area (Å²) >= 11 is 0. The van der Waals surface area contributed by atoms with E-state index in [4.69, 9.17) is 0 Å². The topological polar surface area (TPSA) is 71.1 Å². The lowest BCUT2D eigenvalue weighted by Crippen LogP contribution is -2.42. The molecule has 1 fully saturated rings. The van der Waals surface area contributed by atoms with Crippen LogP contribution in [0.2, 0.25) is 0 Å². The summed E-state index contributed by atoms with van der Waals surface area (Å²) < 4.78 is 28.1. The molecule has 0 bridgehead atoms. The predicted molar refractivity (Wildman–Crippen MR) is 84.7 cm³/mol. The molecule has 5 nitrogen and oxygen atoms in total. The van der Waals surface area contributed by atoms with Crippen LogP contribution in [0.1, 0.15) is 40.0 Å². The average Bonchev–Trinajstić information content (AvgIpc) is 2.43. The number of rotatable bonds is 5. The highest BCUT2D eigenvalue weighted by atomic mass is 32.2. The summed E-state index contributed by atoms with van der Waals surface area (Å²) in [7, 11) is -3.59. The van der Waals surface area contributed by atoms with E-state index < -0.39 is 10.0 Å². The van der Waals surface area contributed by atoms with Gasteiger partial charge in [-0.2, -0.15) is 0 Å². The number of aromatic nitrogens is 1. The lowest BCUT2D eigenvalue weighted by Gasteiger charge is -2.32. The minimum Gasteiger partial charge on any atom is -0.383 e. The highest BCUT2D eigenvalue weighted by Gasteiger charge is 2.30. The van der Waals surface area contributed by atoms with Gasteiger partial charge in [-0.05, 0) is 50.2 Å². The number of pyridine rings is 1. The first-order valence-corrected chi connectivity index (χ1v) is 9.13. The molecular formula is C15H25N3O2S. The monoisotopic (exact) mass is 311 g/mol. The number of sulfonamides is 1. The van der Waals surface area contributed by atoms with Crippen molar-refractivity contribution in [3.05, 3.63) is 18.3 Å². The van der Waals surface area contributed by atoms with Gasteiger partial charge in [-0.1, -0.05) is 13.8 Å². The van der Waals surface area contributed by atoms with Crippen LogP contribution in [0.25, 0.3) is 0 Å². The van der Waals surface area contributed by atoms with Gasteiger partial charge in [-0.3, -0.25) is 0 Å². The van der Waals surface area contributed by atoms with Crippen molar-refractivity contribution in [2.45, 2.75) is 51.1 Å². The van der Waals surface area contributed by atoms with E-state index in [0.29, 0.717) is 24.1 Å². The number of anilines is 1. The van der Waals surface area contributed by atoms with Crippen LogP contribution in [0, 0.1) is 11.8 Å². The summed E-state index contributed by atoms with van der Waals surface area (Å²) in [6.45, 7) is 6.93. The van der Waals surface area contributed by atoms with Gasteiger partial charge in [-0.15, -0.1) is 0 Å². The number of nitrogens with one attached hydrogen (secondary N) is 2. The van der Waals surface area contributed by atoms with Gasteiger partial charge >= 0.3 is 0 Å². The SMILES string of the molecule is CCNc1cccnc1S(=O)(=O)NC1CCC(C)CC1C. The van der Waals surface area contributed by atoms with Gasteiger partial charge in [0, 0.05) is 18.8 Å². The zero-order valence-electron chi connectivity index (χ0n) is 13.0. The molecule has 1 heterocycles. The normalized spacial score (nSPS) is 26.5. The average molecular weight is 311 g/mol. The maximum atomic E-state index is 12.6. The molecule has 1 aliphatic carbocycles. The molecule has 118 valence electrons. The van der Waals surface area contributed by atoms with Crippen LogP contribution in [-0.2, 0) is 10.0 Å². The first kappa shape index (κ1) is 16.2. The maximum absolute atomic E-state index is 12.6. The molecule has 1 aliphatic rings. The van der Waals surface area contributed by atoms with Crippen LogP contribution >= 0.6 is 0 Å². The summed E-state index contributed by atoms with van der Waals surface area (Å²) in [5, 5.41) is 3.15. The quantitative estimate of drug-likeness (QED) is 0.877. The van der Waals surface area contributed by atoms with E-state index in [2.05, 4.69) is 28.9 Å². The molecule has 0 amide bonds. The van der Waals surface area contributed by atoms with Gasteiger partial charge in [0.1, 0.15) is 0 Å². The summed E-state index contributed by atoms with van der Waals surface area (Å²) in [4.78, 5) is 4.06. The van der Waals surface area contributed by atoms with Gasteiger partial charge in [-0.25, -0.2) is 18.1 Å². The van der Waals surface area contributed by atoms with Crippen molar-refractivity contribution in [1.29, 1.82) is 0 Å². The van der Waals surface area contributed by atoms with Gasteiger partial charge in [0.2, 0.25) is 0 Å². The Labute approximate surface area is 127 Å². The Morgan fingerprint density at radius 3 is 2.76 bits per heavy atom. The number of hydrogen-bond acceptors (Lipinski definition) is 4. The van der Waals surface area contributed by atoms with Gasteiger partial charge in [0.05, 0.1) is 5.69 Å². The third kappa shape index (κ3) is 3.95. The van der Waals surface area contributed by atoms with Crippen LogP contribution in [0.5, 0.6) is 0 Å². The molecule has 0 radical (unpaired) electrons. The molecule has 21 heavy (non-hydrogen) atoms. The van der Waals surface area contributed by atoms with Crippen LogP contribution in [0.3, 0.4) is 0 Å². The standard InChI is InChI=1S/C15H25N3O2S/c1-4-16-14-6-5-9-17-15(14)21(19,20)18-13-8-7-11(2)10-12(13)3/h5-6,9,11-13,16,18H,4,7-8,10H2,1-3H3. The van der Waals surface area contributed by atoms with Crippen molar-refractivity contribution in [1.82, 2.24) is 9.71 Å². The van der Waals surface area contributed by atoms with E-state index in [1.165, 1.54) is 6.20 Å². The third-order valence-corrected chi connectivity index (χ3v) is 5.58. The largest absolute Gasteiger partial charge is 0.383 e. The Morgan fingerprint density at radius 2 is 2.10 bits per heavy atom. The first-order chi connectivity index (χ1) is 9.94. The van der Waals surface area contributed by atoms with E-state index >= 15 is 0 Å². The molecule has 3 atom stereocenters. The van der Waals surface area contributed by atoms with E-state index in [1.807, 2.05) is 6.92 Å². The summed E-state index contributed by atoms with van der Waals surface area (Å²) in [6.07, 6.45) is 4.54. The lowest BCUT2D eigenvalue weighted by atomic mass is 9.80. The molecule has 1 saturated carbocycles. The number of hydrogen-bond donors (Lipinski definition) is 2. The van der Waals surface area contributed by atoms with E-state index in [9.17, 15) is 8.42 Å². The van der Waals surface area contributed by atoms with Gasteiger partial charge in [0.25, 0.3) is 10.0 Å². The molecule has 0 aliphatic heterocycles. The molecule has 0 saturated heterocycles. The fourth-order valence-electron chi connectivity index (χ4n) is 3.03. The van der Waals surface area contributed by atoms with Crippen LogP contribution < -0.4 is 10.0 Å².